The zero-order chi connectivity index (χ0) is 30.7. The Balaban J connectivity index is 1.61. The van der Waals surface area contributed by atoms with E-state index in [1.807, 2.05) is 0 Å². The van der Waals surface area contributed by atoms with Crippen LogP contribution in [0.5, 0.6) is 0 Å². The minimum atomic E-state index is -4.30. The molecule has 8 heteroatoms. The van der Waals surface area contributed by atoms with Gasteiger partial charge in [-0.2, -0.15) is 13.0 Å². The largest absolute Gasteiger partial charge is 0.345 e. The number of carbonyl (C=O) groups is 1. The molecule has 42 heavy (non-hydrogen) atoms. The van der Waals surface area contributed by atoms with Crippen LogP contribution in [0.2, 0.25) is 0 Å². The highest BCUT2D eigenvalue weighted by atomic mass is 32.2. The van der Waals surface area contributed by atoms with Crippen LogP contribution in [0.15, 0.2) is 71.3 Å². The maximum absolute atomic E-state index is 11.9. The molecule has 2 aliphatic heterocycles. The van der Waals surface area contributed by atoms with Crippen molar-refractivity contribution in [3.63, 3.8) is 0 Å². The number of likely N-dealkylation sites (N-methyl/N-ethyl adjacent to an activating group) is 1. The Morgan fingerprint density at radius 1 is 1.07 bits per heavy atom. The van der Waals surface area contributed by atoms with Gasteiger partial charge in [-0.15, -0.1) is 6.42 Å². The van der Waals surface area contributed by atoms with Crippen LogP contribution in [0.1, 0.15) is 71.4 Å². The van der Waals surface area contributed by atoms with Crippen LogP contribution in [0.3, 0.4) is 0 Å². The molecule has 7 nitrogen and oxygen atoms in total. The van der Waals surface area contributed by atoms with E-state index in [-0.39, 0.29) is 22.8 Å². The number of fused-ring (bicyclic) bond motifs is 2. The van der Waals surface area contributed by atoms with Crippen molar-refractivity contribution in [1.82, 2.24) is 5.32 Å². The maximum Gasteiger partial charge on any atom is 0.294 e. The van der Waals surface area contributed by atoms with Crippen molar-refractivity contribution in [2.75, 3.05) is 24.5 Å². The molecule has 1 amide bonds. The minimum absolute atomic E-state index is 0.00357. The summed E-state index contributed by atoms with van der Waals surface area (Å²) in [5.41, 5.74) is 5.94. The lowest BCUT2D eigenvalue weighted by molar-refractivity contribution is -0.438. The number of nitrogens with zero attached hydrogens (tertiary/aromatic N) is 2. The average molecular weight is 589 g/mol. The van der Waals surface area contributed by atoms with Crippen LogP contribution in [0.25, 0.3) is 0 Å². The SMILES string of the molecule is C#CCNC(=O)CCCCC[N+]1=C(/C=C/C=C2/N(CC)c3ccc(S(=O)(=O)O)cc3C2(C)C)C(C)(C)c2ccccc21. The van der Waals surface area contributed by atoms with Crippen molar-refractivity contribution in [3.8, 4) is 12.3 Å². The number of anilines is 1. The Labute approximate surface area is 250 Å². The highest BCUT2D eigenvalue weighted by Crippen LogP contribution is 2.48. The van der Waals surface area contributed by atoms with E-state index in [0.29, 0.717) is 6.42 Å². The van der Waals surface area contributed by atoms with Gasteiger partial charge in [-0.05, 0) is 63.5 Å². The molecule has 0 aromatic heterocycles. The molecule has 2 heterocycles. The van der Waals surface area contributed by atoms with E-state index in [0.717, 1.165) is 49.3 Å². The summed E-state index contributed by atoms with van der Waals surface area (Å²) in [7, 11) is -4.30. The van der Waals surface area contributed by atoms with E-state index in [9.17, 15) is 17.8 Å². The third-order valence-corrected chi connectivity index (χ3v) is 9.31. The Morgan fingerprint density at radius 3 is 2.50 bits per heavy atom. The second-order valence-corrected chi connectivity index (χ2v) is 13.3. The molecule has 2 aliphatic rings. The van der Waals surface area contributed by atoms with Gasteiger partial charge in [-0.3, -0.25) is 9.35 Å². The molecule has 4 rings (SSSR count). The van der Waals surface area contributed by atoms with E-state index in [2.05, 4.69) is 97.8 Å². The summed E-state index contributed by atoms with van der Waals surface area (Å²) in [6.45, 7) is 12.6. The molecule has 0 aliphatic carbocycles. The molecule has 2 aromatic rings. The van der Waals surface area contributed by atoms with Crippen molar-refractivity contribution >= 4 is 33.1 Å². The Hall–Kier alpha value is -3.67. The summed E-state index contributed by atoms with van der Waals surface area (Å²) in [5.74, 6) is 2.43. The lowest BCUT2D eigenvalue weighted by Gasteiger charge is -2.25. The van der Waals surface area contributed by atoms with Crippen molar-refractivity contribution in [1.29, 1.82) is 0 Å². The Kier molecular flexibility index (Phi) is 9.15. The van der Waals surface area contributed by atoms with Crippen molar-refractivity contribution < 1.29 is 22.3 Å². The summed E-state index contributed by atoms with van der Waals surface area (Å²) < 4.78 is 35.7. The first-order chi connectivity index (χ1) is 19.8. The van der Waals surface area contributed by atoms with Crippen LogP contribution in [-0.4, -0.2) is 48.8 Å². The van der Waals surface area contributed by atoms with Crippen molar-refractivity contribution in [2.45, 2.75) is 76.0 Å². The van der Waals surface area contributed by atoms with Gasteiger partial charge in [0.15, 0.2) is 5.71 Å². The third kappa shape index (κ3) is 6.08. The molecular weight excluding hydrogens is 546 g/mol. The summed E-state index contributed by atoms with van der Waals surface area (Å²) in [6, 6.07) is 13.3. The van der Waals surface area contributed by atoms with Gasteiger partial charge in [0.2, 0.25) is 11.6 Å². The van der Waals surface area contributed by atoms with Crippen LogP contribution in [-0.2, 0) is 25.7 Å². The zero-order valence-electron chi connectivity index (χ0n) is 25.3. The number of amides is 1. The van der Waals surface area contributed by atoms with Crippen LogP contribution in [0.4, 0.5) is 11.4 Å². The first kappa shape index (κ1) is 31.3. The second kappa shape index (κ2) is 12.3. The summed E-state index contributed by atoms with van der Waals surface area (Å²) in [5, 5.41) is 2.72. The summed E-state index contributed by atoms with van der Waals surface area (Å²) in [6.07, 6.45) is 14.8. The number of carbonyl (C=O) groups excluding carboxylic acids is 1. The number of unbranched alkanes of at least 4 members (excludes halogenated alkanes) is 2. The molecule has 0 saturated heterocycles. The fourth-order valence-corrected chi connectivity index (χ4v) is 6.75. The predicted octanol–water partition coefficient (Wildman–Crippen LogP) is 5.88. The number of allylic oxidation sites excluding steroid dienone is 4. The number of nitrogens with one attached hydrogen (secondary N) is 1. The first-order valence-electron chi connectivity index (χ1n) is 14.6. The first-order valence-corrected chi connectivity index (χ1v) is 16.0. The fraction of sp³-hybridized carbons (Fsp3) is 0.412. The van der Waals surface area contributed by atoms with E-state index in [1.165, 1.54) is 23.0 Å². The monoisotopic (exact) mass is 588 g/mol. The molecule has 2 N–H and O–H groups in total. The summed E-state index contributed by atoms with van der Waals surface area (Å²) in [4.78, 5) is 14.0. The fourth-order valence-electron chi connectivity index (χ4n) is 6.24. The van der Waals surface area contributed by atoms with Gasteiger partial charge < -0.3 is 10.2 Å². The molecule has 0 saturated carbocycles. The quantitative estimate of drug-likeness (QED) is 0.148. The van der Waals surface area contributed by atoms with Gasteiger partial charge in [-0.1, -0.05) is 44.0 Å². The molecule has 0 radical (unpaired) electrons. The third-order valence-electron chi connectivity index (χ3n) is 8.46. The van der Waals surface area contributed by atoms with Crippen LogP contribution in [0, 0.1) is 12.3 Å². The molecule has 0 fully saturated rings. The number of hydrogen-bond acceptors (Lipinski definition) is 4. The highest BCUT2D eigenvalue weighted by Gasteiger charge is 2.44. The van der Waals surface area contributed by atoms with Gasteiger partial charge in [0.05, 0.1) is 16.9 Å². The van der Waals surface area contributed by atoms with Gasteiger partial charge in [-0.25, -0.2) is 0 Å². The van der Waals surface area contributed by atoms with E-state index in [4.69, 9.17) is 6.42 Å². The average Bonchev–Trinajstić information content (AvgIpc) is 3.29. The van der Waals surface area contributed by atoms with E-state index < -0.39 is 15.5 Å². The van der Waals surface area contributed by atoms with Gasteiger partial charge in [0, 0.05) is 53.9 Å². The molecule has 222 valence electrons. The minimum Gasteiger partial charge on any atom is -0.345 e. The van der Waals surface area contributed by atoms with Gasteiger partial charge in [0.1, 0.15) is 6.54 Å². The normalized spacial score (nSPS) is 17.9. The van der Waals surface area contributed by atoms with E-state index in [1.54, 1.807) is 12.1 Å². The lowest BCUT2D eigenvalue weighted by atomic mass is 9.81. The maximum atomic E-state index is 11.9. The highest BCUT2D eigenvalue weighted by molar-refractivity contribution is 7.85. The number of hydrogen-bond donors (Lipinski definition) is 2. The van der Waals surface area contributed by atoms with E-state index >= 15 is 0 Å². The number of benzene rings is 2. The molecule has 2 aromatic carbocycles. The van der Waals surface area contributed by atoms with Crippen LogP contribution >= 0.6 is 0 Å². The molecule has 0 unspecified atom stereocenters. The standard InChI is InChI=1S/C34H41N3O4S/c1-7-22-35-32(38)19-10-9-13-23-37-28-16-12-11-15-26(28)33(3,4)31(37)18-14-17-30-34(5,6)27-24-25(42(39,40)41)20-21-29(27)36(30)8-2/h1,11-12,14-18,20-21,24H,8-10,13,19,22-23H2,2-6H3,(H-,35,38,39,40,41)/p+1. The lowest BCUT2D eigenvalue weighted by Crippen LogP contribution is -2.28. The summed E-state index contributed by atoms with van der Waals surface area (Å²) >= 11 is 0. The Bertz CT molecular complexity index is 1610. The van der Waals surface area contributed by atoms with Crippen molar-refractivity contribution in [2.24, 2.45) is 0 Å². The molecular formula is C34H42N3O4S+. The second-order valence-electron chi connectivity index (χ2n) is 11.9. The molecule has 0 atom stereocenters. The molecule has 0 bridgehead atoms. The van der Waals surface area contributed by atoms with Crippen LogP contribution < -0.4 is 10.2 Å². The number of terminal acetylenes is 1. The molecule has 0 spiro atoms. The smallest absolute Gasteiger partial charge is 0.294 e. The zero-order valence-corrected chi connectivity index (χ0v) is 26.1. The van der Waals surface area contributed by atoms with Gasteiger partial charge >= 0.3 is 0 Å². The predicted molar refractivity (Wildman–Crippen MR) is 169 cm³/mol. The Morgan fingerprint density at radius 2 is 1.81 bits per heavy atom. The number of rotatable bonds is 11. The van der Waals surface area contributed by atoms with Crippen molar-refractivity contribution in [3.05, 3.63) is 77.5 Å². The topological polar surface area (TPSA) is 89.7 Å². The van der Waals surface area contributed by atoms with Gasteiger partial charge in [0.25, 0.3) is 10.1 Å². The number of para-hydroxylation sites is 1.